The summed E-state index contributed by atoms with van der Waals surface area (Å²) >= 11 is 0. The highest BCUT2D eigenvalue weighted by atomic mass is 16.3. The molecule has 0 spiro atoms. The lowest BCUT2D eigenvalue weighted by atomic mass is 10.4. The second-order valence-electron chi connectivity index (χ2n) is 1.77. The van der Waals surface area contributed by atoms with Crippen molar-refractivity contribution in [3.63, 3.8) is 0 Å². The fraction of sp³-hybridized carbons (Fsp3) is 1.00. The highest BCUT2D eigenvalue weighted by molar-refractivity contribution is 4.52. The maximum Gasteiger partial charge on any atom is 0.106 e. The molecule has 0 radical (unpaired) electrons. The summed E-state index contributed by atoms with van der Waals surface area (Å²) < 4.78 is 0. The highest BCUT2D eigenvalue weighted by Crippen LogP contribution is 1.80. The zero-order valence-electron chi connectivity index (χ0n) is 5.38. The van der Waals surface area contributed by atoms with Crippen LogP contribution in [0.3, 0.4) is 0 Å². The Hall–Kier alpha value is -0.160. The summed E-state index contributed by atoms with van der Waals surface area (Å²) in [6, 6.07) is 0. The molecule has 0 aliphatic rings. The molecule has 0 fully saturated rings. The van der Waals surface area contributed by atoms with E-state index in [0.29, 0.717) is 19.5 Å². The van der Waals surface area contributed by atoms with Gasteiger partial charge < -0.3 is 15.9 Å². The third-order valence-corrected chi connectivity index (χ3v) is 0.932. The summed E-state index contributed by atoms with van der Waals surface area (Å²) in [5, 5.41) is 19.8. The van der Waals surface area contributed by atoms with E-state index < -0.39 is 6.23 Å². The van der Waals surface area contributed by atoms with E-state index in [1.807, 2.05) is 0 Å². The molecule has 1 atom stereocenters. The second-order valence-corrected chi connectivity index (χ2v) is 1.77. The predicted molar refractivity (Wildman–Crippen MR) is 34.8 cm³/mol. The molecule has 0 aromatic carbocycles. The number of rotatable bonds is 5. The van der Waals surface area contributed by atoms with Crippen LogP contribution in [-0.2, 0) is 0 Å². The Morgan fingerprint density at radius 1 is 1.56 bits per heavy atom. The van der Waals surface area contributed by atoms with Crippen LogP contribution in [0.5, 0.6) is 0 Å². The first-order chi connectivity index (χ1) is 4.31. The van der Waals surface area contributed by atoms with Crippen LogP contribution in [0.4, 0.5) is 0 Å². The van der Waals surface area contributed by atoms with Gasteiger partial charge in [0.1, 0.15) is 6.23 Å². The van der Waals surface area contributed by atoms with Crippen LogP contribution in [0, 0.1) is 0 Å². The van der Waals surface area contributed by atoms with Gasteiger partial charge in [-0.15, -0.1) is 0 Å². The van der Waals surface area contributed by atoms with Crippen molar-refractivity contribution in [3.05, 3.63) is 0 Å². The standard InChI is InChI=1S/C5H14N2O2/c6-2-1-5(9)7-3-4-8/h5,7-9H,1-4,6H2. The predicted octanol–water partition coefficient (Wildman–Crippen LogP) is -1.76. The van der Waals surface area contributed by atoms with Crippen molar-refractivity contribution < 1.29 is 10.2 Å². The van der Waals surface area contributed by atoms with Crippen LogP contribution in [-0.4, -0.2) is 36.1 Å². The summed E-state index contributed by atoms with van der Waals surface area (Å²) in [7, 11) is 0. The average Bonchev–Trinajstić information content (AvgIpc) is 1.85. The van der Waals surface area contributed by atoms with E-state index in [0.717, 1.165) is 0 Å². The summed E-state index contributed by atoms with van der Waals surface area (Å²) in [6.07, 6.45) is -0.0397. The minimum absolute atomic E-state index is 0.0433. The fourth-order valence-corrected chi connectivity index (χ4v) is 0.491. The molecule has 4 nitrogen and oxygen atoms in total. The van der Waals surface area contributed by atoms with Gasteiger partial charge in [-0.2, -0.15) is 0 Å². The zero-order chi connectivity index (χ0) is 7.11. The van der Waals surface area contributed by atoms with Gasteiger partial charge in [0.05, 0.1) is 6.61 Å². The van der Waals surface area contributed by atoms with Crippen molar-refractivity contribution in [2.75, 3.05) is 19.7 Å². The van der Waals surface area contributed by atoms with E-state index in [1.165, 1.54) is 0 Å². The van der Waals surface area contributed by atoms with E-state index in [9.17, 15) is 0 Å². The third kappa shape index (κ3) is 5.72. The van der Waals surface area contributed by atoms with E-state index in [1.54, 1.807) is 0 Å². The van der Waals surface area contributed by atoms with Crippen LogP contribution in [0.1, 0.15) is 6.42 Å². The van der Waals surface area contributed by atoms with E-state index in [4.69, 9.17) is 15.9 Å². The molecule has 4 heteroatoms. The first kappa shape index (κ1) is 8.84. The number of nitrogens with two attached hydrogens (primary N) is 1. The van der Waals surface area contributed by atoms with Gasteiger partial charge >= 0.3 is 0 Å². The molecule has 0 saturated carbocycles. The third-order valence-electron chi connectivity index (χ3n) is 0.932. The first-order valence-corrected chi connectivity index (χ1v) is 3.03. The Balaban J connectivity index is 2.95. The smallest absolute Gasteiger partial charge is 0.106 e. The van der Waals surface area contributed by atoms with Gasteiger partial charge in [0.15, 0.2) is 0 Å². The Kier molecular flexibility index (Phi) is 5.86. The minimum Gasteiger partial charge on any atom is -0.395 e. The SMILES string of the molecule is NCCC(O)NCCO. The van der Waals surface area contributed by atoms with Gasteiger partial charge in [0.25, 0.3) is 0 Å². The lowest BCUT2D eigenvalue weighted by Gasteiger charge is -2.08. The van der Waals surface area contributed by atoms with Crippen LogP contribution in [0.15, 0.2) is 0 Å². The molecular weight excluding hydrogens is 120 g/mol. The number of aliphatic hydroxyl groups is 2. The van der Waals surface area contributed by atoms with Crippen molar-refractivity contribution in [1.82, 2.24) is 5.32 Å². The average molecular weight is 134 g/mol. The van der Waals surface area contributed by atoms with Gasteiger partial charge in [0, 0.05) is 6.54 Å². The molecule has 0 rings (SSSR count). The molecule has 9 heavy (non-hydrogen) atoms. The van der Waals surface area contributed by atoms with Crippen molar-refractivity contribution in [2.24, 2.45) is 5.73 Å². The van der Waals surface area contributed by atoms with Crippen molar-refractivity contribution in [3.8, 4) is 0 Å². The Morgan fingerprint density at radius 2 is 2.22 bits per heavy atom. The van der Waals surface area contributed by atoms with Crippen molar-refractivity contribution in [1.29, 1.82) is 0 Å². The van der Waals surface area contributed by atoms with E-state index in [2.05, 4.69) is 5.32 Å². The Morgan fingerprint density at radius 3 is 2.67 bits per heavy atom. The van der Waals surface area contributed by atoms with Crippen LogP contribution in [0.25, 0.3) is 0 Å². The normalized spacial score (nSPS) is 13.7. The summed E-state index contributed by atoms with van der Waals surface area (Å²) in [6.45, 7) is 0.919. The quantitative estimate of drug-likeness (QED) is 0.336. The largest absolute Gasteiger partial charge is 0.395 e. The van der Waals surface area contributed by atoms with Gasteiger partial charge in [-0.05, 0) is 13.0 Å². The van der Waals surface area contributed by atoms with Crippen molar-refractivity contribution >= 4 is 0 Å². The monoisotopic (exact) mass is 134 g/mol. The van der Waals surface area contributed by atoms with Crippen LogP contribution >= 0.6 is 0 Å². The molecule has 0 aromatic rings. The first-order valence-electron chi connectivity index (χ1n) is 3.03. The number of aliphatic hydroxyl groups excluding tert-OH is 2. The summed E-state index contributed by atoms with van der Waals surface area (Å²) in [5.41, 5.74) is 5.14. The zero-order valence-corrected chi connectivity index (χ0v) is 5.38. The molecule has 0 heterocycles. The molecule has 0 bridgehead atoms. The lowest BCUT2D eigenvalue weighted by molar-refractivity contribution is 0.121. The molecule has 56 valence electrons. The molecule has 0 amide bonds. The highest BCUT2D eigenvalue weighted by Gasteiger charge is 1.97. The van der Waals surface area contributed by atoms with Gasteiger partial charge in [-0.3, -0.25) is 5.32 Å². The maximum absolute atomic E-state index is 8.88. The van der Waals surface area contributed by atoms with Gasteiger partial charge in [-0.25, -0.2) is 0 Å². The van der Waals surface area contributed by atoms with Crippen LogP contribution < -0.4 is 11.1 Å². The van der Waals surface area contributed by atoms with Gasteiger partial charge in [-0.1, -0.05) is 0 Å². The molecule has 5 N–H and O–H groups in total. The Labute approximate surface area is 54.7 Å². The number of hydrogen-bond donors (Lipinski definition) is 4. The molecule has 0 aliphatic carbocycles. The molecule has 0 saturated heterocycles. The van der Waals surface area contributed by atoms with E-state index in [-0.39, 0.29) is 6.61 Å². The van der Waals surface area contributed by atoms with Crippen molar-refractivity contribution in [2.45, 2.75) is 12.6 Å². The van der Waals surface area contributed by atoms with Gasteiger partial charge in [0.2, 0.25) is 0 Å². The lowest BCUT2D eigenvalue weighted by Crippen LogP contribution is -2.32. The number of nitrogens with one attached hydrogen (secondary N) is 1. The summed E-state index contributed by atoms with van der Waals surface area (Å²) in [5.74, 6) is 0. The molecule has 0 aliphatic heterocycles. The van der Waals surface area contributed by atoms with E-state index >= 15 is 0 Å². The molecular formula is C5H14N2O2. The molecule has 0 aromatic heterocycles. The second kappa shape index (κ2) is 5.97. The molecule has 1 unspecified atom stereocenters. The summed E-state index contributed by atoms with van der Waals surface area (Å²) in [4.78, 5) is 0. The fourth-order valence-electron chi connectivity index (χ4n) is 0.491. The van der Waals surface area contributed by atoms with Crippen LogP contribution in [0.2, 0.25) is 0 Å². The maximum atomic E-state index is 8.88. The minimum atomic E-state index is -0.567. The Bertz CT molecular complexity index is 60.9. The topological polar surface area (TPSA) is 78.5 Å². The number of hydrogen-bond acceptors (Lipinski definition) is 4.